The van der Waals surface area contributed by atoms with Crippen LogP contribution < -0.4 is 16.6 Å². The summed E-state index contributed by atoms with van der Waals surface area (Å²) in [4.78, 5) is 26.9. The fourth-order valence-electron chi connectivity index (χ4n) is 1.47. The summed E-state index contributed by atoms with van der Waals surface area (Å²) in [5.41, 5.74) is 6.22. The number of hydrogen-bond acceptors (Lipinski definition) is 4. The first-order chi connectivity index (χ1) is 9.06. The van der Waals surface area contributed by atoms with Crippen LogP contribution in [0.25, 0.3) is 0 Å². The van der Waals surface area contributed by atoms with Crippen LogP contribution in [0.2, 0.25) is 5.02 Å². The minimum absolute atomic E-state index is 0.116. The Morgan fingerprint density at radius 2 is 2.21 bits per heavy atom. The highest BCUT2D eigenvalue weighted by molar-refractivity contribution is 6.33. The van der Waals surface area contributed by atoms with E-state index < -0.39 is 0 Å². The van der Waals surface area contributed by atoms with Crippen LogP contribution in [0.3, 0.4) is 0 Å². The van der Waals surface area contributed by atoms with Crippen molar-refractivity contribution in [2.24, 2.45) is 0 Å². The van der Waals surface area contributed by atoms with Crippen LogP contribution in [0.1, 0.15) is 0 Å². The molecule has 2 aromatic rings. The molecular weight excluding hydrogens is 268 g/mol. The van der Waals surface area contributed by atoms with Gasteiger partial charge in [-0.05, 0) is 18.2 Å². The summed E-state index contributed by atoms with van der Waals surface area (Å²) >= 11 is 5.78. The van der Waals surface area contributed by atoms with Crippen LogP contribution in [-0.4, -0.2) is 15.5 Å². The Labute approximate surface area is 113 Å². The molecule has 0 aliphatic heterocycles. The molecule has 0 spiro atoms. The molecule has 0 radical (unpaired) electrons. The van der Waals surface area contributed by atoms with Gasteiger partial charge < -0.3 is 11.1 Å². The van der Waals surface area contributed by atoms with Gasteiger partial charge in [0.1, 0.15) is 6.54 Å². The zero-order chi connectivity index (χ0) is 13.8. The lowest BCUT2D eigenvalue weighted by molar-refractivity contribution is -0.116. The Morgan fingerprint density at radius 3 is 2.89 bits per heavy atom. The number of benzene rings is 1. The molecule has 0 bridgehead atoms. The van der Waals surface area contributed by atoms with E-state index in [9.17, 15) is 9.59 Å². The Kier molecular flexibility index (Phi) is 3.82. The first-order valence-electron chi connectivity index (χ1n) is 5.41. The maximum absolute atomic E-state index is 11.8. The number of nitrogens with two attached hydrogens (primary N) is 1. The maximum atomic E-state index is 11.8. The predicted octanol–water partition coefficient (Wildman–Crippen LogP) is 1.12. The van der Waals surface area contributed by atoms with Gasteiger partial charge in [-0.25, -0.2) is 4.98 Å². The lowest BCUT2D eigenvalue weighted by Gasteiger charge is -2.07. The van der Waals surface area contributed by atoms with E-state index in [-0.39, 0.29) is 18.0 Å². The molecule has 7 heteroatoms. The molecule has 1 aromatic carbocycles. The summed E-state index contributed by atoms with van der Waals surface area (Å²) in [5.74, 6) is -0.350. The normalized spacial score (nSPS) is 10.2. The molecular formula is C12H11ClN4O2. The highest BCUT2D eigenvalue weighted by atomic mass is 35.5. The summed E-state index contributed by atoms with van der Waals surface area (Å²) in [6, 6.07) is 6.05. The molecule has 0 unspecified atom stereocenters. The lowest BCUT2D eigenvalue weighted by atomic mass is 10.3. The Balaban J connectivity index is 2.08. The van der Waals surface area contributed by atoms with Crippen molar-refractivity contribution in [2.75, 3.05) is 11.1 Å². The lowest BCUT2D eigenvalue weighted by Crippen LogP contribution is -2.27. The van der Waals surface area contributed by atoms with Crippen molar-refractivity contribution in [3.63, 3.8) is 0 Å². The standard InChI is InChI=1S/C12H11ClN4O2/c13-9-2-1-8(5-10(9)14)16-11(18)6-17-7-15-4-3-12(17)19/h1-5,7H,6,14H2,(H,16,18). The second kappa shape index (κ2) is 5.53. The van der Waals surface area contributed by atoms with Crippen LogP contribution in [0.4, 0.5) is 11.4 Å². The van der Waals surface area contributed by atoms with Crippen molar-refractivity contribution in [3.05, 3.63) is 52.2 Å². The van der Waals surface area contributed by atoms with E-state index in [0.29, 0.717) is 16.4 Å². The summed E-state index contributed by atoms with van der Waals surface area (Å²) in [6.07, 6.45) is 2.68. The molecule has 98 valence electrons. The average molecular weight is 279 g/mol. The van der Waals surface area contributed by atoms with Gasteiger partial charge in [-0.2, -0.15) is 0 Å². The van der Waals surface area contributed by atoms with E-state index >= 15 is 0 Å². The molecule has 0 atom stereocenters. The summed E-state index contributed by atoms with van der Waals surface area (Å²) in [6.45, 7) is -0.116. The summed E-state index contributed by atoms with van der Waals surface area (Å²) < 4.78 is 1.20. The zero-order valence-electron chi connectivity index (χ0n) is 9.84. The first kappa shape index (κ1) is 13.1. The van der Waals surface area contributed by atoms with Crippen molar-refractivity contribution in [2.45, 2.75) is 6.54 Å². The monoisotopic (exact) mass is 278 g/mol. The third kappa shape index (κ3) is 3.32. The number of carbonyl (C=O) groups is 1. The van der Waals surface area contributed by atoms with Crippen LogP contribution >= 0.6 is 11.6 Å². The fourth-order valence-corrected chi connectivity index (χ4v) is 1.59. The number of aromatic nitrogens is 2. The molecule has 0 aliphatic rings. The van der Waals surface area contributed by atoms with Gasteiger partial charge in [0, 0.05) is 18.0 Å². The molecule has 3 N–H and O–H groups in total. The molecule has 0 aliphatic carbocycles. The number of rotatable bonds is 3. The van der Waals surface area contributed by atoms with Gasteiger partial charge in [0.15, 0.2) is 0 Å². The van der Waals surface area contributed by atoms with E-state index in [1.54, 1.807) is 18.2 Å². The number of nitrogens with zero attached hydrogens (tertiary/aromatic N) is 2. The van der Waals surface area contributed by atoms with E-state index in [2.05, 4.69) is 10.3 Å². The molecule has 0 saturated carbocycles. The van der Waals surface area contributed by atoms with Gasteiger partial charge in [-0.1, -0.05) is 11.6 Å². The third-order valence-electron chi connectivity index (χ3n) is 2.39. The van der Waals surface area contributed by atoms with Gasteiger partial charge in [0.05, 0.1) is 17.0 Å². The molecule has 1 heterocycles. The van der Waals surface area contributed by atoms with Crippen molar-refractivity contribution in [1.29, 1.82) is 0 Å². The first-order valence-corrected chi connectivity index (χ1v) is 5.79. The van der Waals surface area contributed by atoms with E-state index in [1.165, 1.54) is 23.2 Å². The predicted molar refractivity (Wildman–Crippen MR) is 73.0 cm³/mol. The number of amides is 1. The van der Waals surface area contributed by atoms with Crippen LogP contribution in [0.5, 0.6) is 0 Å². The van der Waals surface area contributed by atoms with Crippen molar-refractivity contribution < 1.29 is 4.79 Å². The number of anilines is 2. The summed E-state index contributed by atoms with van der Waals surface area (Å²) in [5, 5.41) is 3.04. The molecule has 1 aromatic heterocycles. The Bertz CT molecular complexity index is 669. The fraction of sp³-hybridized carbons (Fsp3) is 0.0833. The van der Waals surface area contributed by atoms with Gasteiger partial charge in [0.2, 0.25) is 5.91 Å². The topological polar surface area (TPSA) is 90.0 Å². The highest BCUT2D eigenvalue weighted by Crippen LogP contribution is 2.22. The number of nitrogens with one attached hydrogen (secondary N) is 1. The SMILES string of the molecule is Nc1cc(NC(=O)Cn2cnccc2=O)ccc1Cl. The van der Waals surface area contributed by atoms with E-state index in [1.807, 2.05) is 0 Å². The maximum Gasteiger partial charge on any atom is 0.253 e. The average Bonchev–Trinajstić information content (AvgIpc) is 2.37. The molecule has 0 saturated heterocycles. The minimum atomic E-state index is -0.350. The van der Waals surface area contributed by atoms with Crippen molar-refractivity contribution in [1.82, 2.24) is 9.55 Å². The van der Waals surface area contributed by atoms with Crippen molar-refractivity contribution in [3.8, 4) is 0 Å². The van der Waals surface area contributed by atoms with Crippen LogP contribution in [0, 0.1) is 0 Å². The Morgan fingerprint density at radius 1 is 1.42 bits per heavy atom. The second-order valence-corrected chi connectivity index (χ2v) is 4.24. The second-order valence-electron chi connectivity index (χ2n) is 3.83. The number of nitrogen functional groups attached to an aromatic ring is 1. The number of halogens is 1. The largest absolute Gasteiger partial charge is 0.397 e. The van der Waals surface area contributed by atoms with E-state index in [0.717, 1.165) is 0 Å². The quantitative estimate of drug-likeness (QED) is 0.823. The smallest absolute Gasteiger partial charge is 0.253 e. The van der Waals surface area contributed by atoms with E-state index in [4.69, 9.17) is 17.3 Å². The van der Waals surface area contributed by atoms with Gasteiger partial charge in [-0.15, -0.1) is 0 Å². The Hall–Kier alpha value is -2.34. The van der Waals surface area contributed by atoms with Gasteiger partial charge in [-0.3, -0.25) is 14.2 Å². The molecule has 6 nitrogen and oxygen atoms in total. The summed E-state index contributed by atoms with van der Waals surface area (Å²) in [7, 11) is 0. The molecule has 1 amide bonds. The van der Waals surface area contributed by atoms with Gasteiger partial charge >= 0.3 is 0 Å². The zero-order valence-corrected chi connectivity index (χ0v) is 10.6. The number of carbonyl (C=O) groups excluding carboxylic acids is 1. The molecule has 2 rings (SSSR count). The third-order valence-corrected chi connectivity index (χ3v) is 2.73. The van der Waals surface area contributed by atoms with Crippen LogP contribution in [0.15, 0.2) is 41.6 Å². The minimum Gasteiger partial charge on any atom is -0.397 e. The molecule has 0 fully saturated rings. The van der Waals surface area contributed by atoms with Gasteiger partial charge in [0.25, 0.3) is 5.56 Å². The highest BCUT2D eigenvalue weighted by Gasteiger charge is 2.06. The van der Waals surface area contributed by atoms with Crippen molar-refractivity contribution >= 4 is 28.9 Å². The molecule has 19 heavy (non-hydrogen) atoms. The van der Waals surface area contributed by atoms with Crippen LogP contribution in [-0.2, 0) is 11.3 Å². The number of hydrogen-bond donors (Lipinski definition) is 2.